The first kappa shape index (κ1) is 15.9. The fourth-order valence-electron chi connectivity index (χ4n) is 4.46. The van der Waals surface area contributed by atoms with E-state index in [9.17, 15) is 9.90 Å². The highest BCUT2D eigenvalue weighted by Gasteiger charge is 2.48. The number of Topliss-reactive ketones (excluding diaryl/α,β-unsaturated/α-hetero) is 1. The van der Waals surface area contributed by atoms with Crippen LogP contribution in [-0.2, 0) is 11.2 Å². The molecule has 122 valence electrons. The Morgan fingerprint density at radius 2 is 2.13 bits per heavy atom. The largest absolute Gasteiger partial charge is 0.504 e. The summed E-state index contributed by atoms with van der Waals surface area (Å²) >= 11 is 0. The lowest BCUT2D eigenvalue weighted by molar-refractivity contribution is -0.126. The molecule has 0 aromatic heterocycles. The Bertz CT molecular complexity index is 646. The Hall–Kier alpha value is -2.03. The normalized spacial score (nSPS) is 30.1. The quantitative estimate of drug-likeness (QED) is 0.857. The Morgan fingerprint density at radius 3 is 2.78 bits per heavy atom. The maximum Gasteiger partial charge on any atom is 0.160 e. The van der Waals surface area contributed by atoms with Crippen LogP contribution in [0.4, 0.5) is 0 Å². The summed E-state index contributed by atoms with van der Waals surface area (Å²) in [5, 5.41) is 9.97. The third-order valence-corrected chi connectivity index (χ3v) is 5.51. The minimum Gasteiger partial charge on any atom is -0.504 e. The van der Waals surface area contributed by atoms with E-state index in [0.29, 0.717) is 29.8 Å². The van der Waals surface area contributed by atoms with E-state index in [1.807, 2.05) is 12.1 Å². The van der Waals surface area contributed by atoms with Gasteiger partial charge in [-0.2, -0.15) is 0 Å². The van der Waals surface area contributed by atoms with Crippen molar-refractivity contribution in [2.75, 3.05) is 7.11 Å². The molecule has 2 aliphatic rings. The highest BCUT2D eigenvalue weighted by atomic mass is 16.5. The topological polar surface area (TPSA) is 46.5 Å². The zero-order valence-corrected chi connectivity index (χ0v) is 13.6. The standard InChI is InChI=1S/C20H24O3/c1-4-14-11-15(20-16(21)7-5-12(2)19(14)20)9-13-6-8-18(23-3)17(22)10-13/h4,6,8,10,14-15,19-20,22H,1-2,5,7,9,11H2,3H3/t14-,15-,19+,20+/m1/s1. The lowest BCUT2D eigenvalue weighted by Gasteiger charge is -2.31. The summed E-state index contributed by atoms with van der Waals surface area (Å²) in [5.41, 5.74) is 2.25. The van der Waals surface area contributed by atoms with Crippen LogP contribution in [0, 0.1) is 23.7 Å². The maximum absolute atomic E-state index is 12.5. The highest BCUT2D eigenvalue weighted by Crippen LogP contribution is 2.51. The molecular formula is C20H24O3. The SMILES string of the molecule is C=C[C@@H]1C[C@@H](Cc2ccc(OC)c(O)c2)[C@H]2C(=O)CCC(=C)[C@H]21. The number of ether oxygens (including phenoxy) is 1. The van der Waals surface area contributed by atoms with Gasteiger partial charge in [0, 0.05) is 12.3 Å². The summed E-state index contributed by atoms with van der Waals surface area (Å²) in [4.78, 5) is 12.5. The number of carbonyl (C=O) groups excluding carboxylic acids is 1. The fraction of sp³-hybridized carbons (Fsp3) is 0.450. The predicted octanol–water partition coefficient (Wildman–Crippen LogP) is 3.92. The van der Waals surface area contributed by atoms with Gasteiger partial charge in [0.05, 0.1) is 7.11 Å². The van der Waals surface area contributed by atoms with Crippen molar-refractivity contribution in [1.82, 2.24) is 0 Å². The first-order valence-corrected chi connectivity index (χ1v) is 8.24. The van der Waals surface area contributed by atoms with Gasteiger partial charge in [0.2, 0.25) is 0 Å². The van der Waals surface area contributed by atoms with Gasteiger partial charge >= 0.3 is 0 Å². The second kappa shape index (κ2) is 6.23. The third kappa shape index (κ3) is 2.80. The van der Waals surface area contributed by atoms with Crippen LogP contribution in [0.25, 0.3) is 0 Å². The number of allylic oxidation sites excluding steroid dienone is 2. The molecule has 3 heteroatoms. The second-order valence-corrected chi connectivity index (χ2v) is 6.78. The third-order valence-electron chi connectivity index (χ3n) is 5.51. The summed E-state index contributed by atoms with van der Waals surface area (Å²) in [5.74, 6) is 1.95. The molecule has 2 fully saturated rings. The second-order valence-electron chi connectivity index (χ2n) is 6.78. The van der Waals surface area contributed by atoms with Crippen LogP contribution >= 0.6 is 0 Å². The van der Waals surface area contributed by atoms with Crippen molar-refractivity contribution in [3.05, 3.63) is 48.6 Å². The zero-order chi connectivity index (χ0) is 16.6. The smallest absolute Gasteiger partial charge is 0.160 e. The lowest BCUT2D eigenvalue weighted by Crippen LogP contribution is -2.32. The Morgan fingerprint density at radius 1 is 1.35 bits per heavy atom. The molecule has 2 saturated carbocycles. The molecule has 0 saturated heterocycles. The molecular weight excluding hydrogens is 288 g/mol. The van der Waals surface area contributed by atoms with Gasteiger partial charge in [-0.3, -0.25) is 4.79 Å². The van der Waals surface area contributed by atoms with Gasteiger partial charge in [-0.15, -0.1) is 6.58 Å². The monoisotopic (exact) mass is 312 g/mol. The summed E-state index contributed by atoms with van der Waals surface area (Å²) in [6.45, 7) is 8.17. The predicted molar refractivity (Wildman–Crippen MR) is 90.5 cm³/mol. The molecule has 0 radical (unpaired) electrons. The number of carbonyl (C=O) groups is 1. The molecule has 4 atom stereocenters. The molecule has 0 unspecified atom stereocenters. The van der Waals surface area contributed by atoms with Crippen molar-refractivity contribution in [1.29, 1.82) is 0 Å². The average Bonchev–Trinajstić information content (AvgIpc) is 2.91. The first-order valence-electron chi connectivity index (χ1n) is 8.24. The van der Waals surface area contributed by atoms with Crippen molar-refractivity contribution in [3.8, 4) is 11.5 Å². The van der Waals surface area contributed by atoms with Gasteiger partial charge in [0.15, 0.2) is 11.5 Å². The average molecular weight is 312 g/mol. The van der Waals surface area contributed by atoms with E-state index in [-0.39, 0.29) is 17.6 Å². The van der Waals surface area contributed by atoms with Gasteiger partial charge in [-0.05, 0) is 54.7 Å². The molecule has 0 amide bonds. The molecule has 1 aromatic rings. The summed E-state index contributed by atoms with van der Waals surface area (Å²) in [7, 11) is 1.54. The minimum atomic E-state index is 0.0588. The number of rotatable bonds is 4. The number of ketones is 1. The van der Waals surface area contributed by atoms with Crippen LogP contribution in [0.15, 0.2) is 43.0 Å². The van der Waals surface area contributed by atoms with Crippen LogP contribution in [0.1, 0.15) is 24.8 Å². The number of phenols is 1. The summed E-state index contributed by atoms with van der Waals surface area (Å²) in [6.07, 6.45) is 5.19. The van der Waals surface area contributed by atoms with Crippen molar-refractivity contribution in [3.63, 3.8) is 0 Å². The molecule has 0 aliphatic heterocycles. The first-order chi connectivity index (χ1) is 11.0. The van der Waals surface area contributed by atoms with E-state index in [0.717, 1.165) is 24.8 Å². The van der Waals surface area contributed by atoms with E-state index < -0.39 is 0 Å². The number of benzene rings is 1. The van der Waals surface area contributed by atoms with Gasteiger partial charge in [0.25, 0.3) is 0 Å². The number of fused-ring (bicyclic) bond motifs is 1. The van der Waals surface area contributed by atoms with Crippen LogP contribution in [0.2, 0.25) is 0 Å². The number of methoxy groups -OCH3 is 1. The molecule has 0 heterocycles. The molecule has 0 bridgehead atoms. The summed E-state index contributed by atoms with van der Waals surface area (Å²) < 4.78 is 5.09. The highest BCUT2D eigenvalue weighted by molar-refractivity contribution is 5.84. The molecule has 0 spiro atoms. The van der Waals surface area contributed by atoms with E-state index in [2.05, 4.69) is 13.2 Å². The lowest BCUT2D eigenvalue weighted by atomic mass is 9.71. The minimum absolute atomic E-state index is 0.0588. The van der Waals surface area contributed by atoms with Crippen molar-refractivity contribution in [2.24, 2.45) is 23.7 Å². The number of phenolic OH excluding ortho intramolecular Hbond substituents is 1. The van der Waals surface area contributed by atoms with Gasteiger partial charge in [0.1, 0.15) is 5.78 Å². The Balaban J connectivity index is 1.84. The van der Waals surface area contributed by atoms with Gasteiger partial charge in [-0.1, -0.05) is 24.3 Å². The van der Waals surface area contributed by atoms with Crippen LogP contribution < -0.4 is 4.74 Å². The Kier molecular flexibility index (Phi) is 4.29. The number of aromatic hydroxyl groups is 1. The van der Waals surface area contributed by atoms with Crippen molar-refractivity contribution < 1.29 is 14.6 Å². The van der Waals surface area contributed by atoms with Crippen molar-refractivity contribution >= 4 is 5.78 Å². The van der Waals surface area contributed by atoms with E-state index in [4.69, 9.17) is 4.74 Å². The fourth-order valence-corrected chi connectivity index (χ4v) is 4.46. The van der Waals surface area contributed by atoms with E-state index in [1.54, 1.807) is 12.1 Å². The van der Waals surface area contributed by atoms with Gasteiger partial charge < -0.3 is 9.84 Å². The van der Waals surface area contributed by atoms with E-state index >= 15 is 0 Å². The molecule has 1 aromatic carbocycles. The van der Waals surface area contributed by atoms with Crippen LogP contribution in [0.5, 0.6) is 11.5 Å². The van der Waals surface area contributed by atoms with E-state index in [1.165, 1.54) is 12.7 Å². The van der Waals surface area contributed by atoms with Crippen LogP contribution in [-0.4, -0.2) is 18.0 Å². The Labute approximate surface area is 137 Å². The molecule has 1 N–H and O–H groups in total. The maximum atomic E-state index is 12.5. The molecule has 3 rings (SSSR count). The van der Waals surface area contributed by atoms with Crippen molar-refractivity contribution in [2.45, 2.75) is 25.7 Å². The van der Waals surface area contributed by atoms with Crippen LogP contribution in [0.3, 0.4) is 0 Å². The van der Waals surface area contributed by atoms with Gasteiger partial charge in [-0.25, -0.2) is 0 Å². The number of hydrogen-bond donors (Lipinski definition) is 1. The number of hydrogen-bond acceptors (Lipinski definition) is 3. The molecule has 2 aliphatic carbocycles. The summed E-state index contributed by atoms with van der Waals surface area (Å²) in [6, 6.07) is 5.50. The zero-order valence-electron chi connectivity index (χ0n) is 13.6. The molecule has 3 nitrogen and oxygen atoms in total. The molecule has 23 heavy (non-hydrogen) atoms.